The van der Waals surface area contributed by atoms with Crippen LogP contribution in [-0.4, -0.2) is 39.3 Å². The molecule has 0 unspecified atom stereocenters. The second-order valence-electron chi connectivity index (χ2n) is 8.79. The second-order valence-corrected chi connectivity index (χ2v) is 9.64. The van der Waals surface area contributed by atoms with E-state index in [0.717, 1.165) is 56.6 Å². The van der Waals surface area contributed by atoms with E-state index in [1.165, 1.54) is 11.3 Å². The number of nitrogens with zero attached hydrogens (tertiary/aromatic N) is 3. The summed E-state index contributed by atoms with van der Waals surface area (Å²) >= 11 is 12.1. The van der Waals surface area contributed by atoms with Crippen LogP contribution in [0.15, 0.2) is 36.5 Å². The van der Waals surface area contributed by atoms with Crippen LogP contribution in [0.3, 0.4) is 0 Å². The molecule has 8 heteroatoms. The van der Waals surface area contributed by atoms with E-state index in [4.69, 9.17) is 27.9 Å². The Morgan fingerprint density at radius 1 is 1.19 bits per heavy atom. The van der Waals surface area contributed by atoms with Crippen molar-refractivity contribution < 1.29 is 9.13 Å². The SMILES string of the molecule is Cc1c(CN2CCC(Oc3ncc(Cl)cc3Cl)CC2)n[nH]c1C1(c2ccc(F)cc2)CC1. The molecule has 0 radical (unpaired) electrons. The standard InChI is InChI=1S/C24H25Cl2FN4O/c1-15-21(29-30-22(15)24(8-9-24)16-2-4-18(27)5-3-16)14-31-10-6-19(7-11-31)32-23-20(26)12-17(25)13-28-23/h2-5,12-13,19H,6-11,14H2,1H3,(H,29,30). The lowest BCUT2D eigenvalue weighted by atomic mass is 9.89. The van der Waals surface area contributed by atoms with E-state index in [1.54, 1.807) is 24.4 Å². The third-order valence-corrected chi connectivity index (χ3v) is 7.17. The molecule has 1 aliphatic heterocycles. The summed E-state index contributed by atoms with van der Waals surface area (Å²) in [4.78, 5) is 6.60. The number of rotatable bonds is 6. The van der Waals surface area contributed by atoms with E-state index in [2.05, 4.69) is 27.0 Å². The lowest BCUT2D eigenvalue weighted by Gasteiger charge is -2.31. The van der Waals surface area contributed by atoms with E-state index in [9.17, 15) is 4.39 Å². The molecule has 1 N–H and O–H groups in total. The highest BCUT2D eigenvalue weighted by molar-refractivity contribution is 6.35. The van der Waals surface area contributed by atoms with Crippen LogP contribution in [0.5, 0.6) is 5.88 Å². The maximum atomic E-state index is 13.4. The largest absolute Gasteiger partial charge is 0.473 e. The summed E-state index contributed by atoms with van der Waals surface area (Å²) in [7, 11) is 0. The summed E-state index contributed by atoms with van der Waals surface area (Å²) in [5.74, 6) is 0.242. The molecular formula is C24H25Cl2FN4O. The Kier molecular flexibility index (Phi) is 5.86. The molecule has 2 fully saturated rings. The lowest BCUT2D eigenvalue weighted by molar-refractivity contribution is 0.0925. The number of hydrogen-bond acceptors (Lipinski definition) is 4. The summed E-state index contributed by atoms with van der Waals surface area (Å²) < 4.78 is 19.4. The van der Waals surface area contributed by atoms with Gasteiger partial charge in [0.05, 0.1) is 10.7 Å². The average molecular weight is 475 g/mol. The van der Waals surface area contributed by atoms with Crippen molar-refractivity contribution in [3.63, 3.8) is 0 Å². The number of halogens is 3. The van der Waals surface area contributed by atoms with Crippen molar-refractivity contribution in [3.05, 3.63) is 74.9 Å². The van der Waals surface area contributed by atoms with Gasteiger partial charge < -0.3 is 4.74 Å². The molecule has 3 aromatic rings. The van der Waals surface area contributed by atoms with Crippen molar-refractivity contribution >= 4 is 23.2 Å². The molecule has 2 aromatic heterocycles. The Balaban J connectivity index is 1.21. The molecule has 1 aromatic carbocycles. The highest BCUT2D eigenvalue weighted by Crippen LogP contribution is 2.54. The first-order chi connectivity index (χ1) is 15.4. The van der Waals surface area contributed by atoms with Gasteiger partial charge in [-0.2, -0.15) is 5.10 Å². The zero-order valence-electron chi connectivity index (χ0n) is 17.9. The number of benzene rings is 1. The topological polar surface area (TPSA) is 54.0 Å². The van der Waals surface area contributed by atoms with Crippen molar-refractivity contribution in [2.24, 2.45) is 0 Å². The van der Waals surface area contributed by atoms with E-state index in [0.29, 0.717) is 15.9 Å². The number of hydrogen-bond donors (Lipinski definition) is 1. The third kappa shape index (κ3) is 4.24. The molecular weight excluding hydrogens is 450 g/mol. The van der Waals surface area contributed by atoms with Gasteiger partial charge in [-0.15, -0.1) is 0 Å². The predicted octanol–water partition coefficient (Wildman–Crippen LogP) is 5.68. The molecule has 2 aliphatic rings. The first-order valence-corrected chi connectivity index (χ1v) is 11.7. The first-order valence-electron chi connectivity index (χ1n) is 10.9. The monoisotopic (exact) mass is 474 g/mol. The molecule has 5 nitrogen and oxygen atoms in total. The zero-order valence-corrected chi connectivity index (χ0v) is 19.4. The van der Waals surface area contributed by atoms with Crippen LogP contribution >= 0.6 is 23.2 Å². The van der Waals surface area contributed by atoms with Crippen molar-refractivity contribution in [1.29, 1.82) is 0 Å². The summed E-state index contributed by atoms with van der Waals surface area (Å²) in [6.45, 7) is 4.78. The van der Waals surface area contributed by atoms with Gasteiger partial charge in [-0.1, -0.05) is 35.3 Å². The number of aromatic amines is 1. The third-order valence-electron chi connectivity index (χ3n) is 6.70. The molecule has 0 atom stereocenters. The van der Waals surface area contributed by atoms with Crippen LogP contribution in [0.25, 0.3) is 0 Å². The molecule has 3 heterocycles. The van der Waals surface area contributed by atoms with Crippen LogP contribution in [0, 0.1) is 12.7 Å². The Morgan fingerprint density at radius 2 is 1.91 bits per heavy atom. The summed E-state index contributed by atoms with van der Waals surface area (Å²) in [5.41, 5.74) is 4.57. The molecule has 1 saturated carbocycles. The molecule has 5 rings (SSSR count). The second kappa shape index (κ2) is 8.65. The molecule has 0 amide bonds. The van der Waals surface area contributed by atoms with Gasteiger partial charge in [-0.25, -0.2) is 9.37 Å². The van der Waals surface area contributed by atoms with Crippen LogP contribution < -0.4 is 4.74 Å². The Morgan fingerprint density at radius 3 is 2.56 bits per heavy atom. The van der Waals surface area contributed by atoms with Crippen molar-refractivity contribution in [2.75, 3.05) is 13.1 Å². The quantitative estimate of drug-likeness (QED) is 0.498. The fraction of sp³-hybridized carbons (Fsp3) is 0.417. The maximum absolute atomic E-state index is 13.4. The Labute approximate surface area is 196 Å². The van der Waals surface area contributed by atoms with Gasteiger partial charge in [0, 0.05) is 36.9 Å². The van der Waals surface area contributed by atoms with E-state index >= 15 is 0 Å². The van der Waals surface area contributed by atoms with E-state index in [1.807, 2.05) is 12.1 Å². The predicted molar refractivity (Wildman–Crippen MR) is 123 cm³/mol. The molecule has 1 aliphatic carbocycles. The normalized spacial score (nSPS) is 18.6. The minimum Gasteiger partial charge on any atom is -0.473 e. The molecule has 168 valence electrons. The highest BCUT2D eigenvalue weighted by Gasteiger charge is 2.48. The Hall–Kier alpha value is -2.15. The van der Waals surface area contributed by atoms with Crippen molar-refractivity contribution in [1.82, 2.24) is 20.1 Å². The summed E-state index contributed by atoms with van der Waals surface area (Å²) in [6.07, 6.45) is 5.55. The minimum atomic E-state index is -0.201. The van der Waals surface area contributed by atoms with Crippen LogP contribution in [0.4, 0.5) is 4.39 Å². The van der Waals surface area contributed by atoms with Gasteiger partial charge >= 0.3 is 0 Å². The zero-order chi connectivity index (χ0) is 22.3. The van der Waals surface area contributed by atoms with Gasteiger partial charge in [-0.3, -0.25) is 10.00 Å². The summed E-state index contributed by atoms with van der Waals surface area (Å²) in [6, 6.07) is 8.53. The van der Waals surface area contributed by atoms with Gasteiger partial charge in [-0.05, 0) is 61.9 Å². The number of ether oxygens (including phenoxy) is 1. The molecule has 0 spiro atoms. The summed E-state index contributed by atoms with van der Waals surface area (Å²) in [5, 5.41) is 8.89. The Bertz CT molecular complexity index is 1110. The van der Waals surface area contributed by atoms with Gasteiger partial charge in [0.25, 0.3) is 0 Å². The molecule has 0 bridgehead atoms. The number of piperidine rings is 1. The van der Waals surface area contributed by atoms with Crippen molar-refractivity contribution in [2.45, 2.75) is 50.7 Å². The fourth-order valence-corrected chi connectivity index (χ4v) is 5.10. The van der Waals surface area contributed by atoms with Gasteiger partial charge in [0.1, 0.15) is 16.9 Å². The smallest absolute Gasteiger partial charge is 0.232 e. The van der Waals surface area contributed by atoms with E-state index in [-0.39, 0.29) is 17.3 Å². The van der Waals surface area contributed by atoms with Gasteiger partial charge in [0.2, 0.25) is 5.88 Å². The average Bonchev–Trinajstić information content (AvgIpc) is 3.50. The molecule has 1 saturated heterocycles. The first kappa shape index (κ1) is 21.7. The lowest BCUT2D eigenvalue weighted by Crippen LogP contribution is -2.38. The number of likely N-dealkylation sites (tertiary alicyclic amines) is 1. The maximum Gasteiger partial charge on any atom is 0.232 e. The van der Waals surface area contributed by atoms with Crippen molar-refractivity contribution in [3.8, 4) is 5.88 Å². The van der Waals surface area contributed by atoms with Crippen LogP contribution in [-0.2, 0) is 12.0 Å². The highest BCUT2D eigenvalue weighted by atomic mass is 35.5. The number of aromatic nitrogens is 3. The van der Waals surface area contributed by atoms with Crippen LogP contribution in [0.2, 0.25) is 10.0 Å². The minimum absolute atomic E-state index is 0.0469. The molecule has 32 heavy (non-hydrogen) atoms. The van der Waals surface area contributed by atoms with E-state index < -0.39 is 0 Å². The number of H-pyrrole nitrogens is 1. The number of pyridine rings is 1. The van der Waals surface area contributed by atoms with Gasteiger partial charge in [0.15, 0.2) is 0 Å². The van der Waals surface area contributed by atoms with Crippen LogP contribution in [0.1, 0.15) is 48.2 Å². The number of nitrogens with one attached hydrogen (secondary N) is 1. The fourth-order valence-electron chi connectivity index (χ4n) is 4.68.